The van der Waals surface area contributed by atoms with Gasteiger partial charge in [-0.2, -0.15) is 0 Å². The van der Waals surface area contributed by atoms with Crippen LogP contribution in [0.4, 0.5) is 0 Å². The van der Waals surface area contributed by atoms with Gasteiger partial charge in [0, 0.05) is 6.54 Å². The Kier molecular flexibility index (Phi) is 4.09. The summed E-state index contributed by atoms with van der Waals surface area (Å²) in [5.41, 5.74) is -1.52. The zero-order valence-corrected chi connectivity index (χ0v) is 9.74. The molecule has 16 heavy (non-hydrogen) atoms. The van der Waals surface area contributed by atoms with E-state index in [2.05, 4.69) is 10.1 Å². The minimum absolute atomic E-state index is 0.111. The molecule has 0 aliphatic heterocycles. The van der Waals surface area contributed by atoms with Gasteiger partial charge in [-0.15, -0.1) is 0 Å². The summed E-state index contributed by atoms with van der Waals surface area (Å²) >= 11 is 0. The Labute approximate surface area is 94.4 Å². The van der Waals surface area contributed by atoms with E-state index in [0.717, 1.165) is 11.5 Å². The maximum absolute atomic E-state index is 11.1. The quantitative estimate of drug-likeness (QED) is 0.721. The van der Waals surface area contributed by atoms with Crippen molar-refractivity contribution in [1.82, 2.24) is 5.32 Å². The first-order chi connectivity index (χ1) is 7.45. The minimum atomic E-state index is -1.52. The number of methoxy groups -OCH3 is 1. The van der Waals surface area contributed by atoms with Crippen LogP contribution in [0, 0.1) is 6.92 Å². The van der Waals surface area contributed by atoms with Gasteiger partial charge >= 0.3 is 5.97 Å². The molecule has 1 unspecified atom stereocenters. The monoisotopic (exact) mass is 227 g/mol. The molecule has 0 bridgehead atoms. The van der Waals surface area contributed by atoms with Gasteiger partial charge in [0.25, 0.3) is 0 Å². The predicted octanol–water partition coefficient (Wildman–Crippen LogP) is 0.602. The van der Waals surface area contributed by atoms with E-state index >= 15 is 0 Å². The Hall–Kier alpha value is -1.33. The van der Waals surface area contributed by atoms with Crippen LogP contribution >= 0.6 is 0 Å². The second kappa shape index (κ2) is 5.14. The van der Waals surface area contributed by atoms with Crippen molar-refractivity contribution in [3.05, 3.63) is 23.7 Å². The molecule has 5 nitrogen and oxygen atoms in total. The lowest BCUT2D eigenvalue weighted by Gasteiger charge is -2.20. The molecule has 0 aromatic carbocycles. The van der Waals surface area contributed by atoms with Crippen molar-refractivity contribution in [2.24, 2.45) is 0 Å². The molecular weight excluding hydrogens is 210 g/mol. The van der Waals surface area contributed by atoms with Crippen molar-refractivity contribution in [2.75, 3.05) is 13.7 Å². The van der Waals surface area contributed by atoms with E-state index in [1.54, 1.807) is 0 Å². The number of furan rings is 1. The third kappa shape index (κ3) is 3.36. The number of hydrogen-bond donors (Lipinski definition) is 2. The average Bonchev–Trinajstić information content (AvgIpc) is 2.62. The number of rotatable bonds is 5. The van der Waals surface area contributed by atoms with Gasteiger partial charge in [0.15, 0.2) is 5.60 Å². The molecule has 90 valence electrons. The maximum atomic E-state index is 11.1. The van der Waals surface area contributed by atoms with Gasteiger partial charge in [-0.05, 0) is 26.0 Å². The number of carbonyl (C=O) groups is 1. The van der Waals surface area contributed by atoms with Crippen LogP contribution in [0.1, 0.15) is 18.4 Å². The molecule has 0 aliphatic rings. The van der Waals surface area contributed by atoms with E-state index < -0.39 is 11.6 Å². The summed E-state index contributed by atoms with van der Waals surface area (Å²) < 4.78 is 9.79. The fraction of sp³-hybridized carbons (Fsp3) is 0.545. The molecule has 1 aromatic heterocycles. The summed E-state index contributed by atoms with van der Waals surface area (Å²) in [5.74, 6) is 0.935. The highest BCUT2D eigenvalue weighted by atomic mass is 16.5. The van der Waals surface area contributed by atoms with E-state index in [1.807, 2.05) is 19.1 Å². The smallest absolute Gasteiger partial charge is 0.338 e. The highest BCUT2D eigenvalue weighted by Crippen LogP contribution is 2.07. The minimum Gasteiger partial charge on any atom is -0.467 e. The summed E-state index contributed by atoms with van der Waals surface area (Å²) in [5, 5.41) is 12.6. The molecule has 1 rings (SSSR count). The van der Waals surface area contributed by atoms with Crippen molar-refractivity contribution in [3.8, 4) is 0 Å². The van der Waals surface area contributed by atoms with Crippen molar-refractivity contribution in [3.63, 3.8) is 0 Å². The summed E-state index contributed by atoms with van der Waals surface area (Å²) in [6.07, 6.45) is 0. The molecule has 0 saturated heterocycles. The van der Waals surface area contributed by atoms with Crippen LogP contribution in [-0.4, -0.2) is 30.3 Å². The van der Waals surface area contributed by atoms with Crippen LogP contribution in [0.5, 0.6) is 0 Å². The molecule has 0 fully saturated rings. The van der Waals surface area contributed by atoms with Gasteiger partial charge in [-0.25, -0.2) is 4.79 Å². The lowest BCUT2D eigenvalue weighted by atomic mass is 10.1. The molecule has 0 saturated carbocycles. The van der Waals surface area contributed by atoms with Crippen LogP contribution in [0.3, 0.4) is 0 Å². The van der Waals surface area contributed by atoms with Crippen molar-refractivity contribution < 1.29 is 19.1 Å². The maximum Gasteiger partial charge on any atom is 0.338 e. The normalized spacial score (nSPS) is 14.5. The average molecular weight is 227 g/mol. The Morgan fingerprint density at radius 2 is 2.31 bits per heavy atom. The highest BCUT2D eigenvalue weighted by molar-refractivity contribution is 5.78. The summed E-state index contributed by atoms with van der Waals surface area (Å²) in [7, 11) is 1.24. The third-order valence-corrected chi connectivity index (χ3v) is 2.19. The zero-order valence-electron chi connectivity index (χ0n) is 9.74. The number of aryl methyl sites for hydroxylation is 1. The zero-order chi connectivity index (χ0) is 12.2. The van der Waals surface area contributed by atoms with Crippen molar-refractivity contribution in [1.29, 1.82) is 0 Å². The first kappa shape index (κ1) is 12.7. The molecular formula is C11H17NO4. The fourth-order valence-corrected chi connectivity index (χ4v) is 1.30. The number of aliphatic hydroxyl groups is 1. The number of esters is 1. The summed E-state index contributed by atoms with van der Waals surface area (Å²) in [6, 6.07) is 3.70. The molecule has 0 radical (unpaired) electrons. The number of carbonyl (C=O) groups excluding carboxylic acids is 1. The molecule has 0 spiro atoms. The Bertz CT molecular complexity index is 357. The van der Waals surface area contributed by atoms with Gasteiger partial charge in [0.05, 0.1) is 13.7 Å². The van der Waals surface area contributed by atoms with Gasteiger partial charge in [0.1, 0.15) is 11.5 Å². The van der Waals surface area contributed by atoms with Crippen LogP contribution < -0.4 is 5.32 Å². The second-order valence-corrected chi connectivity index (χ2v) is 3.88. The second-order valence-electron chi connectivity index (χ2n) is 3.88. The topological polar surface area (TPSA) is 71.7 Å². The van der Waals surface area contributed by atoms with E-state index in [9.17, 15) is 9.90 Å². The SMILES string of the molecule is COC(=O)C(C)(O)CNCc1ccc(C)o1. The van der Waals surface area contributed by atoms with Crippen LogP contribution in [0.2, 0.25) is 0 Å². The van der Waals surface area contributed by atoms with E-state index in [1.165, 1.54) is 14.0 Å². The standard InChI is InChI=1S/C11H17NO4/c1-8-4-5-9(16-8)6-12-7-11(2,14)10(13)15-3/h4-5,12,14H,6-7H2,1-3H3. The van der Waals surface area contributed by atoms with E-state index in [4.69, 9.17) is 4.42 Å². The van der Waals surface area contributed by atoms with Gasteiger partial charge in [0.2, 0.25) is 0 Å². The van der Waals surface area contributed by atoms with Crippen LogP contribution in [0.15, 0.2) is 16.5 Å². The summed E-state index contributed by atoms with van der Waals surface area (Å²) in [6.45, 7) is 3.83. The number of nitrogens with one attached hydrogen (secondary N) is 1. The van der Waals surface area contributed by atoms with Gasteiger partial charge < -0.3 is 19.6 Å². The van der Waals surface area contributed by atoms with Gasteiger partial charge in [-0.3, -0.25) is 0 Å². The van der Waals surface area contributed by atoms with E-state index in [-0.39, 0.29) is 6.54 Å². The van der Waals surface area contributed by atoms with Crippen molar-refractivity contribution >= 4 is 5.97 Å². The Balaban J connectivity index is 2.38. The first-order valence-electron chi connectivity index (χ1n) is 5.02. The molecule has 2 N–H and O–H groups in total. The highest BCUT2D eigenvalue weighted by Gasteiger charge is 2.30. The number of ether oxygens (including phenoxy) is 1. The van der Waals surface area contributed by atoms with E-state index in [0.29, 0.717) is 6.54 Å². The van der Waals surface area contributed by atoms with Crippen molar-refractivity contribution in [2.45, 2.75) is 26.0 Å². The largest absolute Gasteiger partial charge is 0.467 e. The molecule has 5 heteroatoms. The lowest BCUT2D eigenvalue weighted by molar-refractivity contribution is -0.159. The molecule has 0 amide bonds. The predicted molar refractivity (Wildman–Crippen MR) is 57.8 cm³/mol. The first-order valence-corrected chi connectivity index (χ1v) is 5.02. The van der Waals surface area contributed by atoms with Crippen LogP contribution in [-0.2, 0) is 16.1 Å². The van der Waals surface area contributed by atoms with Gasteiger partial charge in [-0.1, -0.05) is 0 Å². The fourth-order valence-electron chi connectivity index (χ4n) is 1.30. The number of hydrogen-bond acceptors (Lipinski definition) is 5. The summed E-state index contributed by atoms with van der Waals surface area (Å²) in [4.78, 5) is 11.1. The van der Waals surface area contributed by atoms with Crippen LogP contribution in [0.25, 0.3) is 0 Å². The Morgan fingerprint density at radius 1 is 1.62 bits per heavy atom. The third-order valence-electron chi connectivity index (χ3n) is 2.19. The lowest BCUT2D eigenvalue weighted by Crippen LogP contribution is -2.45. The Morgan fingerprint density at radius 3 is 2.81 bits per heavy atom. The molecule has 0 aliphatic carbocycles. The molecule has 1 atom stereocenters. The molecule has 1 heterocycles. The molecule has 1 aromatic rings.